The molecule has 0 spiro atoms. The molecule has 0 radical (unpaired) electrons. The lowest BCUT2D eigenvalue weighted by Gasteiger charge is -2.35. The molecule has 4 heterocycles. The van der Waals surface area contributed by atoms with E-state index in [9.17, 15) is 4.79 Å². The molecule has 0 saturated carbocycles. The number of amides is 1. The van der Waals surface area contributed by atoms with Crippen molar-refractivity contribution >= 4 is 23.0 Å². The standard InChI is InChI=1S/C22H18ClN3O2/c1-14-17-4-2-5-19(21-6-3-11-28-21)18(17)9-10-25(14)22(27)20-12-16-8-7-15(23)13-26(16)24-20/h2-8,11-14H,9-10H2,1H3. The molecule has 4 aromatic rings. The summed E-state index contributed by atoms with van der Waals surface area (Å²) in [6, 6.07) is 15.5. The Labute approximate surface area is 167 Å². The number of carbonyl (C=O) groups is 1. The van der Waals surface area contributed by atoms with Gasteiger partial charge in [0.25, 0.3) is 5.91 Å². The van der Waals surface area contributed by atoms with Crippen molar-refractivity contribution in [3.8, 4) is 11.3 Å². The summed E-state index contributed by atoms with van der Waals surface area (Å²) in [4.78, 5) is 15.1. The van der Waals surface area contributed by atoms with Crippen LogP contribution < -0.4 is 0 Å². The Morgan fingerprint density at radius 2 is 2.11 bits per heavy atom. The Morgan fingerprint density at radius 1 is 1.21 bits per heavy atom. The van der Waals surface area contributed by atoms with Crippen molar-refractivity contribution in [1.82, 2.24) is 14.5 Å². The lowest BCUT2D eigenvalue weighted by molar-refractivity contribution is 0.0671. The van der Waals surface area contributed by atoms with E-state index in [1.165, 1.54) is 5.56 Å². The summed E-state index contributed by atoms with van der Waals surface area (Å²) in [5.74, 6) is 0.794. The van der Waals surface area contributed by atoms with Gasteiger partial charge in [-0.2, -0.15) is 5.10 Å². The van der Waals surface area contributed by atoms with Crippen molar-refractivity contribution in [2.45, 2.75) is 19.4 Å². The first-order chi connectivity index (χ1) is 13.6. The first kappa shape index (κ1) is 17.1. The number of rotatable bonds is 2. The molecule has 1 aromatic carbocycles. The number of aromatic nitrogens is 2. The summed E-state index contributed by atoms with van der Waals surface area (Å²) >= 11 is 6.03. The first-order valence-electron chi connectivity index (χ1n) is 9.23. The van der Waals surface area contributed by atoms with E-state index in [1.54, 1.807) is 29.1 Å². The minimum absolute atomic E-state index is 0.0421. The highest BCUT2D eigenvalue weighted by Gasteiger charge is 2.31. The summed E-state index contributed by atoms with van der Waals surface area (Å²) < 4.78 is 7.25. The Bertz CT molecular complexity index is 1180. The average molecular weight is 392 g/mol. The Morgan fingerprint density at radius 3 is 2.93 bits per heavy atom. The van der Waals surface area contributed by atoms with E-state index >= 15 is 0 Å². The van der Waals surface area contributed by atoms with Crippen molar-refractivity contribution in [3.63, 3.8) is 0 Å². The molecule has 1 aliphatic rings. The molecule has 1 atom stereocenters. The number of nitrogens with zero attached hydrogens (tertiary/aromatic N) is 3. The second-order valence-corrected chi connectivity index (χ2v) is 7.46. The molecule has 3 aromatic heterocycles. The van der Waals surface area contributed by atoms with Gasteiger partial charge in [0, 0.05) is 18.3 Å². The van der Waals surface area contributed by atoms with Crippen LogP contribution in [0.5, 0.6) is 0 Å². The first-order valence-corrected chi connectivity index (χ1v) is 9.61. The minimum Gasteiger partial charge on any atom is -0.464 e. The number of halogens is 1. The van der Waals surface area contributed by atoms with E-state index < -0.39 is 0 Å². The quantitative estimate of drug-likeness (QED) is 0.482. The van der Waals surface area contributed by atoms with Crippen molar-refractivity contribution in [2.24, 2.45) is 0 Å². The van der Waals surface area contributed by atoms with Crippen LogP contribution >= 0.6 is 11.6 Å². The SMILES string of the molecule is CC1c2cccc(-c3ccco3)c2CCN1C(=O)c1cc2ccc(Cl)cn2n1. The smallest absolute Gasteiger partial charge is 0.274 e. The Balaban J connectivity index is 1.49. The highest BCUT2D eigenvalue weighted by atomic mass is 35.5. The van der Waals surface area contributed by atoms with Gasteiger partial charge in [-0.3, -0.25) is 4.79 Å². The fourth-order valence-corrected chi connectivity index (χ4v) is 4.18. The number of fused-ring (bicyclic) bond motifs is 2. The third kappa shape index (κ3) is 2.70. The normalized spacial score (nSPS) is 16.4. The van der Waals surface area contributed by atoms with Crippen LogP contribution in [0, 0.1) is 0 Å². The summed E-state index contributed by atoms with van der Waals surface area (Å²) in [7, 11) is 0. The number of hydrogen-bond donors (Lipinski definition) is 0. The van der Waals surface area contributed by atoms with Crippen LogP contribution in [0.1, 0.15) is 34.6 Å². The van der Waals surface area contributed by atoms with Gasteiger partial charge in [0.05, 0.1) is 22.8 Å². The Kier molecular flexibility index (Phi) is 3.98. The van der Waals surface area contributed by atoms with Crippen molar-refractivity contribution in [2.75, 3.05) is 6.54 Å². The lowest BCUT2D eigenvalue weighted by atomic mass is 9.88. The zero-order valence-electron chi connectivity index (χ0n) is 15.3. The maximum atomic E-state index is 13.2. The summed E-state index contributed by atoms with van der Waals surface area (Å²) in [5, 5.41) is 5.01. The topological polar surface area (TPSA) is 50.8 Å². The monoisotopic (exact) mass is 391 g/mol. The lowest BCUT2D eigenvalue weighted by Crippen LogP contribution is -2.39. The second-order valence-electron chi connectivity index (χ2n) is 7.02. The van der Waals surface area contributed by atoms with Crippen LogP contribution in [-0.2, 0) is 6.42 Å². The molecule has 5 nitrogen and oxygen atoms in total. The fourth-order valence-electron chi connectivity index (χ4n) is 4.02. The van der Waals surface area contributed by atoms with Gasteiger partial charge in [0.2, 0.25) is 0 Å². The summed E-state index contributed by atoms with van der Waals surface area (Å²) in [6.45, 7) is 2.70. The van der Waals surface area contributed by atoms with Crippen molar-refractivity contribution in [1.29, 1.82) is 0 Å². The number of carbonyl (C=O) groups excluding carboxylic acids is 1. The van der Waals surface area contributed by atoms with E-state index in [0.717, 1.165) is 28.8 Å². The van der Waals surface area contributed by atoms with Crippen LogP contribution in [-0.4, -0.2) is 27.0 Å². The number of furan rings is 1. The van der Waals surface area contributed by atoms with E-state index in [1.807, 2.05) is 29.2 Å². The molecule has 0 fully saturated rings. The highest BCUT2D eigenvalue weighted by molar-refractivity contribution is 6.30. The number of pyridine rings is 1. The van der Waals surface area contributed by atoms with Crippen LogP contribution in [0.4, 0.5) is 0 Å². The van der Waals surface area contributed by atoms with Crippen LogP contribution in [0.15, 0.2) is 65.4 Å². The molecule has 6 heteroatoms. The van der Waals surface area contributed by atoms with Crippen LogP contribution in [0.3, 0.4) is 0 Å². The molecule has 0 N–H and O–H groups in total. The fraction of sp³-hybridized carbons (Fsp3) is 0.182. The summed E-state index contributed by atoms with van der Waals surface area (Å²) in [5.41, 5.74) is 4.78. The van der Waals surface area contributed by atoms with Gasteiger partial charge >= 0.3 is 0 Å². The minimum atomic E-state index is -0.0682. The van der Waals surface area contributed by atoms with Gasteiger partial charge in [-0.15, -0.1) is 0 Å². The van der Waals surface area contributed by atoms with Crippen molar-refractivity contribution < 1.29 is 9.21 Å². The predicted octanol–water partition coefficient (Wildman–Crippen LogP) is 5.01. The highest BCUT2D eigenvalue weighted by Crippen LogP contribution is 2.36. The van der Waals surface area contributed by atoms with Crippen LogP contribution in [0.25, 0.3) is 16.8 Å². The molecule has 28 heavy (non-hydrogen) atoms. The van der Waals surface area contributed by atoms with Gasteiger partial charge in [-0.1, -0.05) is 29.8 Å². The second kappa shape index (κ2) is 6.53. The van der Waals surface area contributed by atoms with Crippen LogP contribution in [0.2, 0.25) is 5.02 Å². The third-order valence-electron chi connectivity index (χ3n) is 5.42. The van der Waals surface area contributed by atoms with Gasteiger partial charge in [0.1, 0.15) is 5.76 Å². The zero-order chi connectivity index (χ0) is 19.3. The van der Waals surface area contributed by atoms with E-state index in [4.69, 9.17) is 16.0 Å². The van der Waals surface area contributed by atoms with Gasteiger partial charge in [-0.25, -0.2) is 4.52 Å². The molecular formula is C22H18ClN3O2. The van der Waals surface area contributed by atoms with Gasteiger partial charge in [0.15, 0.2) is 5.69 Å². The summed E-state index contributed by atoms with van der Waals surface area (Å²) in [6.07, 6.45) is 4.17. The largest absolute Gasteiger partial charge is 0.464 e. The van der Waals surface area contributed by atoms with Gasteiger partial charge in [-0.05, 0) is 54.8 Å². The van der Waals surface area contributed by atoms with E-state index in [0.29, 0.717) is 17.3 Å². The Hall–Kier alpha value is -3.05. The predicted molar refractivity (Wildman–Crippen MR) is 108 cm³/mol. The maximum Gasteiger partial charge on any atom is 0.274 e. The molecular weight excluding hydrogens is 374 g/mol. The van der Waals surface area contributed by atoms with E-state index in [2.05, 4.69) is 24.2 Å². The number of hydrogen-bond acceptors (Lipinski definition) is 3. The molecule has 1 unspecified atom stereocenters. The molecule has 1 aliphatic heterocycles. The third-order valence-corrected chi connectivity index (χ3v) is 5.65. The van der Waals surface area contributed by atoms with Gasteiger partial charge < -0.3 is 9.32 Å². The maximum absolute atomic E-state index is 13.2. The average Bonchev–Trinajstić information content (AvgIpc) is 3.37. The number of benzene rings is 1. The molecule has 5 rings (SSSR count). The molecule has 0 bridgehead atoms. The zero-order valence-corrected chi connectivity index (χ0v) is 16.1. The van der Waals surface area contributed by atoms with E-state index in [-0.39, 0.29) is 11.9 Å². The molecule has 1 amide bonds. The van der Waals surface area contributed by atoms with Crippen molar-refractivity contribution in [3.05, 3.63) is 82.8 Å². The molecule has 0 saturated heterocycles. The molecule has 0 aliphatic carbocycles. The molecule has 140 valence electrons.